The minimum atomic E-state index is -0.591. The van der Waals surface area contributed by atoms with E-state index in [4.69, 9.17) is 14.3 Å². The predicted octanol–water partition coefficient (Wildman–Crippen LogP) is 4.84. The normalized spacial score (nSPS) is 21.6. The van der Waals surface area contributed by atoms with Crippen LogP contribution in [0.1, 0.15) is 85.5 Å². The largest absolute Gasteiger partial charge is 0.460 e. The van der Waals surface area contributed by atoms with Crippen LogP contribution in [-0.4, -0.2) is 41.9 Å². The van der Waals surface area contributed by atoms with E-state index in [1.807, 2.05) is 20.8 Å². The van der Waals surface area contributed by atoms with Crippen LogP contribution in [0.25, 0.3) is 0 Å². The highest BCUT2D eigenvalue weighted by molar-refractivity contribution is 5.81. The van der Waals surface area contributed by atoms with Gasteiger partial charge in [-0.25, -0.2) is 14.6 Å². The average molecular weight is 397 g/mol. The van der Waals surface area contributed by atoms with Crippen LogP contribution in [-0.2, 0) is 19.1 Å². The Morgan fingerprint density at radius 2 is 1.96 bits per heavy atom. The highest BCUT2D eigenvalue weighted by atomic mass is 16.7. The summed E-state index contributed by atoms with van der Waals surface area (Å²) < 4.78 is 10.4. The monoisotopic (exact) mass is 396 g/mol. The third-order valence-electron chi connectivity index (χ3n) is 5.15. The number of esters is 1. The van der Waals surface area contributed by atoms with E-state index in [1.54, 1.807) is 6.92 Å². The minimum Gasteiger partial charge on any atom is -0.460 e. The Hall–Kier alpha value is -1.63. The molecule has 0 saturated heterocycles. The van der Waals surface area contributed by atoms with Crippen LogP contribution in [0.3, 0.4) is 0 Å². The number of ether oxygens (including phenoxy) is 2. The van der Waals surface area contributed by atoms with Gasteiger partial charge in [0.2, 0.25) is 0 Å². The van der Waals surface area contributed by atoms with Gasteiger partial charge < -0.3 is 9.47 Å². The van der Waals surface area contributed by atoms with Gasteiger partial charge in [0.1, 0.15) is 11.9 Å². The van der Waals surface area contributed by atoms with Crippen molar-refractivity contribution in [3.05, 3.63) is 0 Å². The molecule has 2 aliphatic rings. The van der Waals surface area contributed by atoms with Crippen molar-refractivity contribution in [2.75, 3.05) is 6.61 Å². The molecule has 28 heavy (non-hydrogen) atoms. The molecule has 1 heterocycles. The summed E-state index contributed by atoms with van der Waals surface area (Å²) in [6.45, 7) is 7.57. The molecule has 2 atom stereocenters. The minimum absolute atomic E-state index is 0.130. The van der Waals surface area contributed by atoms with Gasteiger partial charge in [-0.15, -0.1) is 5.06 Å². The maximum absolute atomic E-state index is 12.4. The molecular weight excluding hydrogens is 360 g/mol. The molecule has 0 bridgehead atoms. The van der Waals surface area contributed by atoms with Gasteiger partial charge in [-0.1, -0.05) is 44.9 Å². The number of carbonyl (C=O) groups excluding carboxylic acids is 2. The van der Waals surface area contributed by atoms with E-state index < -0.39 is 17.9 Å². The fraction of sp³-hybridized carbons (Fsp3) is 0.857. The lowest BCUT2D eigenvalue weighted by Crippen LogP contribution is -2.33. The van der Waals surface area contributed by atoms with E-state index in [-0.39, 0.29) is 24.9 Å². The molecule has 0 aromatic carbocycles. The highest BCUT2D eigenvalue weighted by Gasteiger charge is 2.33. The second-order valence-corrected chi connectivity index (χ2v) is 8.77. The van der Waals surface area contributed by atoms with Gasteiger partial charge in [-0.2, -0.15) is 0 Å². The number of aliphatic imine (C=N–C) groups is 1. The summed E-state index contributed by atoms with van der Waals surface area (Å²) >= 11 is 0. The van der Waals surface area contributed by atoms with Gasteiger partial charge >= 0.3 is 12.1 Å². The molecule has 0 aromatic rings. The first-order valence-electron chi connectivity index (χ1n) is 10.7. The first-order valence-corrected chi connectivity index (χ1v) is 10.7. The Kier molecular flexibility index (Phi) is 8.73. The van der Waals surface area contributed by atoms with Crippen LogP contribution < -0.4 is 0 Å². The van der Waals surface area contributed by atoms with Crippen molar-refractivity contribution in [2.45, 2.75) is 97.3 Å². The molecule has 7 nitrogen and oxygen atoms in total. The SMILES string of the molecule is CCOC(=O)N1C=NC([C@H](CCCC2CCCCC2)CC(=O)OC(C)(C)C)O1. The number of carbonyl (C=O) groups is 2. The van der Waals surface area contributed by atoms with Gasteiger partial charge in [0.15, 0.2) is 6.23 Å². The molecule has 7 heteroatoms. The van der Waals surface area contributed by atoms with Crippen molar-refractivity contribution in [1.82, 2.24) is 5.06 Å². The Balaban J connectivity index is 1.90. The molecule has 1 fully saturated rings. The van der Waals surface area contributed by atoms with Gasteiger partial charge in [0, 0.05) is 5.92 Å². The van der Waals surface area contributed by atoms with E-state index in [2.05, 4.69) is 4.99 Å². The summed E-state index contributed by atoms with van der Waals surface area (Å²) in [5.74, 6) is 0.401. The van der Waals surface area contributed by atoms with Gasteiger partial charge in [0.05, 0.1) is 13.0 Å². The average Bonchev–Trinajstić information content (AvgIpc) is 3.10. The van der Waals surface area contributed by atoms with Crippen LogP contribution in [0.4, 0.5) is 4.79 Å². The maximum Gasteiger partial charge on any atom is 0.439 e. The highest BCUT2D eigenvalue weighted by Crippen LogP contribution is 2.31. The maximum atomic E-state index is 12.4. The predicted molar refractivity (Wildman–Crippen MR) is 107 cm³/mol. The van der Waals surface area contributed by atoms with Gasteiger partial charge in [-0.05, 0) is 40.0 Å². The molecule has 0 N–H and O–H groups in total. The Morgan fingerprint density at radius 1 is 1.25 bits per heavy atom. The van der Waals surface area contributed by atoms with Crippen molar-refractivity contribution in [2.24, 2.45) is 16.8 Å². The van der Waals surface area contributed by atoms with Crippen LogP contribution in [0.2, 0.25) is 0 Å². The first kappa shape index (κ1) is 22.7. The number of hydrogen-bond donors (Lipinski definition) is 0. The van der Waals surface area contributed by atoms with Gasteiger partial charge in [-0.3, -0.25) is 4.79 Å². The first-order chi connectivity index (χ1) is 13.3. The van der Waals surface area contributed by atoms with Gasteiger partial charge in [0.25, 0.3) is 0 Å². The molecule has 0 aromatic heterocycles. The molecule has 1 aliphatic heterocycles. The molecule has 0 spiro atoms. The quantitative estimate of drug-likeness (QED) is 0.549. The lowest BCUT2D eigenvalue weighted by molar-refractivity contribution is -0.161. The van der Waals surface area contributed by atoms with Crippen molar-refractivity contribution in [1.29, 1.82) is 0 Å². The Bertz CT molecular complexity index is 537. The molecule has 0 radical (unpaired) electrons. The number of hydrogen-bond acceptors (Lipinski definition) is 6. The molecule has 2 rings (SSSR count). The number of nitrogens with zero attached hydrogens (tertiary/aromatic N) is 2. The Labute approximate surface area is 168 Å². The third kappa shape index (κ3) is 7.78. The number of amides is 1. The van der Waals surface area contributed by atoms with Crippen LogP contribution >= 0.6 is 0 Å². The Morgan fingerprint density at radius 3 is 2.61 bits per heavy atom. The summed E-state index contributed by atoms with van der Waals surface area (Å²) in [6, 6.07) is 0. The van der Waals surface area contributed by atoms with Crippen molar-refractivity contribution in [3.63, 3.8) is 0 Å². The van der Waals surface area contributed by atoms with Crippen LogP contribution in [0, 0.1) is 11.8 Å². The number of rotatable bonds is 8. The van der Waals surface area contributed by atoms with E-state index >= 15 is 0 Å². The third-order valence-corrected chi connectivity index (χ3v) is 5.15. The summed E-state index contributed by atoms with van der Waals surface area (Å²) in [5.41, 5.74) is -0.527. The summed E-state index contributed by atoms with van der Waals surface area (Å²) in [5, 5.41) is 1.01. The fourth-order valence-electron chi connectivity index (χ4n) is 3.87. The van der Waals surface area contributed by atoms with Crippen molar-refractivity contribution in [3.8, 4) is 0 Å². The van der Waals surface area contributed by atoms with Crippen LogP contribution in [0.5, 0.6) is 0 Å². The summed E-state index contributed by atoms with van der Waals surface area (Å²) in [4.78, 5) is 34.2. The zero-order chi connectivity index (χ0) is 20.6. The van der Waals surface area contributed by atoms with Crippen LogP contribution in [0.15, 0.2) is 4.99 Å². The van der Waals surface area contributed by atoms with E-state index in [0.29, 0.717) is 0 Å². The molecular formula is C21H36N2O5. The second kappa shape index (κ2) is 10.8. The topological polar surface area (TPSA) is 77.4 Å². The van der Waals surface area contributed by atoms with Crippen molar-refractivity contribution < 1.29 is 23.9 Å². The number of hydroxylamine groups is 2. The zero-order valence-corrected chi connectivity index (χ0v) is 17.8. The molecule has 1 unspecified atom stereocenters. The fourth-order valence-corrected chi connectivity index (χ4v) is 3.87. The van der Waals surface area contributed by atoms with Crippen molar-refractivity contribution >= 4 is 18.4 Å². The molecule has 1 amide bonds. The smallest absolute Gasteiger partial charge is 0.439 e. The molecule has 1 saturated carbocycles. The molecule has 160 valence electrons. The summed E-state index contributed by atoms with van der Waals surface area (Å²) in [6.07, 6.45) is 10.0. The second-order valence-electron chi connectivity index (χ2n) is 8.77. The summed E-state index contributed by atoms with van der Waals surface area (Å²) in [7, 11) is 0. The zero-order valence-electron chi connectivity index (χ0n) is 17.8. The van der Waals surface area contributed by atoms with E-state index in [0.717, 1.165) is 23.8 Å². The standard InChI is InChI=1S/C21H36N2O5/c1-5-26-20(25)23-15-22-19(28-23)17(14-18(24)27-21(2,3)4)13-9-12-16-10-7-6-8-11-16/h15-17,19H,5-14H2,1-4H3/t17-,19?/m1/s1. The lowest BCUT2D eigenvalue weighted by atomic mass is 9.84. The van der Waals surface area contributed by atoms with E-state index in [9.17, 15) is 9.59 Å². The lowest BCUT2D eigenvalue weighted by Gasteiger charge is -2.26. The van der Waals surface area contributed by atoms with E-state index in [1.165, 1.54) is 44.9 Å². The molecule has 1 aliphatic carbocycles.